The molecule has 0 aliphatic heterocycles. The lowest BCUT2D eigenvalue weighted by molar-refractivity contribution is 0.116. The van der Waals surface area contributed by atoms with Crippen LogP contribution >= 0.6 is 0 Å². The Morgan fingerprint density at radius 2 is 2.11 bits per heavy atom. The molecule has 0 fully saturated rings. The van der Waals surface area contributed by atoms with Crippen LogP contribution in [0.15, 0.2) is 30.6 Å². The Kier molecular flexibility index (Phi) is 7.14. The fourth-order valence-electron chi connectivity index (χ4n) is 2.46. The Hall–Kier alpha value is -2.65. The Labute approximate surface area is 157 Å². The second kappa shape index (κ2) is 9.33. The molecule has 0 saturated carbocycles. The third-order valence-corrected chi connectivity index (χ3v) is 3.42. The second-order valence-corrected chi connectivity index (χ2v) is 6.75. The number of anilines is 2. The first kappa shape index (κ1) is 20.7. The first-order valence-electron chi connectivity index (χ1n) is 8.62. The van der Waals surface area contributed by atoms with Gasteiger partial charge < -0.3 is 25.4 Å². The van der Waals surface area contributed by atoms with Gasteiger partial charge in [0.1, 0.15) is 11.6 Å². The van der Waals surface area contributed by atoms with Crippen molar-refractivity contribution in [2.75, 3.05) is 31.3 Å². The molecular weight excluding hydrogens is 353 g/mol. The van der Waals surface area contributed by atoms with Gasteiger partial charge in [0.25, 0.3) is 0 Å². The molecule has 2 aromatic rings. The number of rotatable bonds is 8. The van der Waals surface area contributed by atoms with Gasteiger partial charge in [0, 0.05) is 18.8 Å². The van der Waals surface area contributed by atoms with Crippen molar-refractivity contribution in [3.63, 3.8) is 0 Å². The molecule has 1 atom stereocenters. The predicted octanol–water partition coefficient (Wildman–Crippen LogP) is 2.38. The van der Waals surface area contributed by atoms with E-state index in [4.69, 9.17) is 4.74 Å². The molecule has 0 radical (unpaired) electrons. The summed E-state index contributed by atoms with van der Waals surface area (Å²) in [5, 5.41) is 19.2. The number of hydrogen-bond acceptors (Lipinski definition) is 5. The highest BCUT2D eigenvalue weighted by atomic mass is 19.1. The number of carbonyl (C=O) groups is 1. The molecule has 0 spiro atoms. The largest absolute Gasteiger partial charge is 0.489 e. The number of aliphatic hydroxyl groups excluding tert-OH is 1. The third kappa shape index (κ3) is 6.87. The highest BCUT2D eigenvalue weighted by Gasteiger charge is 2.12. The molecule has 1 aromatic carbocycles. The molecule has 8 nitrogen and oxygen atoms in total. The van der Waals surface area contributed by atoms with Crippen molar-refractivity contribution in [2.45, 2.75) is 32.6 Å². The van der Waals surface area contributed by atoms with Gasteiger partial charge in [-0.05, 0) is 40.1 Å². The van der Waals surface area contributed by atoms with Crippen LogP contribution in [0.1, 0.15) is 13.8 Å². The zero-order valence-corrected chi connectivity index (χ0v) is 15.9. The molecule has 1 unspecified atom stereocenters. The fraction of sp³-hybridized carbons (Fsp3) is 0.444. The van der Waals surface area contributed by atoms with Crippen molar-refractivity contribution in [2.24, 2.45) is 0 Å². The van der Waals surface area contributed by atoms with E-state index in [0.717, 1.165) is 0 Å². The molecule has 1 heterocycles. The maximum atomic E-state index is 13.5. The zero-order chi connectivity index (χ0) is 20.0. The molecule has 27 heavy (non-hydrogen) atoms. The second-order valence-electron chi connectivity index (χ2n) is 6.75. The number of nitrogens with zero attached hydrogens (tertiary/aromatic N) is 3. The first-order valence-corrected chi connectivity index (χ1v) is 8.62. The highest BCUT2D eigenvalue weighted by molar-refractivity contribution is 6.00. The minimum Gasteiger partial charge on any atom is -0.489 e. The number of aromatic nitrogens is 2. The lowest BCUT2D eigenvalue weighted by Crippen LogP contribution is -2.29. The minimum atomic E-state index is -0.579. The van der Waals surface area contributed by atoms with Crippen molar-refractivity contribution >= 4 is 17.4 Å². The Balaban J connectivity index is 1.97. The van der Waals surface area contributed by atoms with Crippen molar-refractivity contribution < 1.29 is 19.0 Å². The van der Waals surface area contributed by atoms with Gasteiger partial charge in [0.15, 0.2) is 0 Å². The molecule has 9 heteroatoms. The van der Waals surface area contributed by atoms with E-state index in [2.05, 4.69) is 15.7 Å². The molecule has 0 aliphatic carbocycles. The van der Waals surface area contributed by atoms with Gasteiger partial charge >= 0.3 is 6.03 Å². The number of halogens is 1. The van der Waals surface area contributed by atoms with Crippen molar-refractivity contribution in [3.05, 3.63) is 36.4 Å². The standard InChI is InChI=1S/C18H26FN5O3/c1-12(2)27-17-6-5-13(19)7-16(17)22-18(26)21-14-8-20-24(9-14)11-15(25)10-23(3)4/h5-9,12,15,25H,10-11H2,1-4H3,(H2,21,22,26). The molecule has 148 valence electrons. The van der Waals surface area contributed by atoms with Gasteiger partial charge in [-0.15, -0.1) is 0 Å². The Morgan fingerprint density at radius 3 is 2.78 bits per heavy atom. The summed E-state index contributed by atoms with van der Waals surface area (Å²) in [4.78, 5) is 14.1. The number of benzene rings is 1. The summed E-state index contributed by atoms with van der Waals surface area (Å²) in [6.45, 7) is 4.48. The van der Waals surface area contributed by atoms with Gasteiger partial charge in [-0.2, -0.15) is 5.10 Å². The summed E-state index contributed by atoms with van der Waals surface area (Å²) in [5.41, 5.74) is 0.683. The van der Waals surface area contributed by atoms with Gasteiger partial charge in [0.2, 0.25) is 0 Å². The number of carbonyl (C=O) groups excluding carboxylic acids is 1. The van der Waals surface area contributed by atoms with Crippen LogP contribution in [0, 0.1) is 5.82 Å². The van der Waals surface area contributed by atoms with Crippen LogP contribution in [0.2, 0.25) is 0 Å². The molecule has 2 rings (SSSR count). The van der Waals surface area contributed by atoms with Gasteiger partial charge in [-0.1, -0.05) is 0 Å². The third-order valence-electron chi connectivity index (χ3n) is 3.42. The van der Waals surface area contributed by atoms with E-state index in [0.29, 0.717) is 24.5 Å². The number of ether oxygens (including phenoxy) is 1. The number of urea groups is 1. The SMILES string of the molecule is CC(C)Oc1ccc(F)cc1NC(=O)Nc1cnn(CC(O)CN(C)C)c1. The highest BCUT2D eigenvalue weighted by Crippen LogP contribution is 2.26. The van der Waals surface area contributed by atoms with E-state index in [1.165, 1.54) is 24.4 Å². The van der Waals surface area contributed by atoms with Crippen LogP contribution in [0.25, 0.3) is 0 Å². The van der Waals surface area contributed by atoms with Crippen molar-refractivity contribution in [1.82, 2.24) is 14.7 Å². The van der Waals surface area contributed by atoms with Crippen LogP contribution in [0.5, 0.6) is 5.75 Å². The summed E-state index contributed by atoms with van der Waals surface area (Å²) >= 11 is 0. The van der Waals surface area contributed by atoms with Gasteiger partial charge in [-0.3, -0.25) is 4.68 Å². The molecule has 2 amide bonds. The minimum absolute atomic E-state index is 0.120. The molecule has 0 bridgehead atoms. The number of amides is 2. The molecule has 1 aromatic heterocycles. The topological polar surface area (TPSA) is 91.7 Å². The summed E-state index contributed by atoms with van der Waals surface area (Å²) in [7, 11) is 3.74. The number of aliphatic hydroxyl groups is 1. The first-order chi connectivity index (χ1) is 12.7. The van der Waals surface area contributed by atoms with Gasteiger partial charge in [-0.25, -0.2) is 9.18 Å². The van der Waals surface area contributed by atoms with E-state index in [-0.39, 0.29) is 11.8 Å². The summed E-state index contributed by atoms with van der Waals surface area (Å²) in [5.74, 6) is -0.104. The van der Waals surface area contributed by atoms with Crippen LogP contribution < -0.4 is 15.4 Å². The number of likely N-dealkylation sites (N-methyl/N-ethyl adjacent to an activating group) is 1. The number of hydrogen-bond donors (Lipinski definition) is 3. The van der Waals surface area contributed by atoms with Crippen LogP contribution in [-0.2, 0) is 6.54 Å². The summed E-state index contributed by atoms with van der Waals surface area (Å²) in [6, 6.07) is 3.37. The van der Waals surface area contributed by atoms with E-state index in [1.807, 2.05) is 32.8 Å². The van der Waals surface area contributed by atoms with E-state index < -0.39 is 18.0 Å². The Morgan fingerprint density at radius 1 is 1.37 bits per heavy atom. The molecule has 3 N–H and O–H groups in total. The predicted molar refractivity (Wildman–Crippen MR) is 102 cm³/mol. The van der Waals surface area contributed by atoms with Crippen molar-refractivity contribution in [1.29, 1.82) is 0 Å². The maximum absolute atomic E-state index is 13.5. The zero-order valence-electron chi connectivity index (χ0n) is 15.9. The monoisotopic (exact) mass is 379 g/mol. The lowest BCUT2D eigenvalue weighted by Gasteiger charge is -2.15. The van der Waals surface area contributed by atoms with E-state index >= 15 is 0 Å². The normalized spacial score (nSPS) is 12.3. The van der Waals surface area contributed by atoms with Crippen LogP contribution in [0.3, 0.4) is 0 Å². The Bertz CT molecular complexity index is 763. The van der Waals surface area contributed by atoms with E-state index in [1.54, 1.807) is 10.9 Å². The summed E-state index contributed by atoms with van der Waals surface area (Å²) in [6.07, 6.45) is 2.38. The smallest absolute Gasteiger partial charge is 0.323 e. The average molecular weight is 379 g/mol. The molecule has 0 aliphatic rings. The fourth-order valence-corrected chi connectivity index (χ4v) is 2.46. The van der Waals surface area contributed by atoms with Crippen LogP contribution in [0.4, 0.5) is 20.6 Å². The summed E-state index contributed by atoms with van der Waals surface area (Å²) < 4.78 is 20.6. The molecular formula is C18H26FN5O3. The van der Waals surface area contributed by atoms with E-state index in [9.17, 15) is 14.3 Å². The lowest BCUT2D eigenvalue weighted by atomic mass is 10.2. The van der Waals surface area contributed by atoms with Gasteiger partial charge in [0.05, 0.1) is 36.3 Å². The quantitative estimate of drug-likeness (QED) is 0.655. The van der Waals surface area contributed by atoms with Crippen LogP contribution in [-0.4, -0.2) is 58.7 Å². The molecule has 0 saturated heterocycles. The average Bonchev–Trinajstić information content (AvgIpc) is 2.95. The van der Waals surface area contributed by atoms with Crippen molar-refractivity contribution in [3.8, 4) is 5.75 Å². The maximum Gasteiger partial charge on any atom is 0.323 e. The number of nitrogens with one attached hydrogen (secondary N) is 2.